The van der Waals surface area contributed by atoms with Gasteiger partial charge in [-0.3, -0.25) is 0 Å². The lowest BCUT2D eigenvalue weighted by Gasteiger charge is -2.26. The number of nitrogens with zero attached hydrogens (tertiary/aromatic N) is 1. The number of sulfonamides is 1. The molecule has 1 N–H and O–H groups in total. The van der Waals surface area contributed by atoms with Crippen LogP contribution in [0.5, 0.6) is 0 Å². The monoisotopic (exact) mass is 316 g/mol. The third-order valence-corrected chi connectivity index (χ3v) is 6.47. The molecule has 0 aliphatic carbocycles. The van der Waals surface area contributed by atoms with Gasteiger partial charge in [-0.2, -0.15) is 4.31 Å². The first kappa shape index (κ1) is 14.9. The Labute approximate surface area is 123 Å². The van der Waals surface area contributed by atoms with Crippen LogP contribution in [0.1, 0.15) is 13.3 Å². The minimum atomic E-state index is -4.00. The van der Waals surface area contributed by atoms with Gasteiger partial charge >= 0.3 is 0 Å². The van der Waals surface area contributed by atoms with Crippen LogP contribution in [0.4, 0.5) is 8.78 Å². The number of rotatable bonds is 3. The van der Waals surface area contributed by atoms with Crippen LogP contribution in [-0.4, -0.2) is 38.4 Å². The fourth-order valence-corrected chi connectivity index (χ4v) is 5.45. The van der Waals surface area contributed by atoms with Crippen molar-refractivity contribution in [3.05, 3.63) is 29.8 Å². The Morgan fingerprint density at radius 2 is 2.10 bits per heavy atom. The zero-order valence-corrected chi connectivity index (χ0v) is 12.5. The number of hydrogen-bond donors (Lipinski definition) is 1. The molecular weight excluding hydrogens is 298 g/mol. The van der Waals surface area contributed by atoms with Crippen molar-refractivity contribution in [2.75, 3.05) is 19.6 Å². The lowest BCUT2D eigenvalue weighted by atomic mass is 9.93. The van der Waals surface area contributed by atoms with Gasteiger partial charge in [0.1, 0.15) is 16.5 Å². The van der Waals surface area contributed by atoms with Crippen molar-refractivity contribution in [3.8, 4) is 0 Å². The molecule has 3 rings (SSSR count). The molecule has 0 bridgehead atoms. The Hall–Kier alpha value is -1.05. The maximum absolute atomic E-state index is 13.9. The van der Waals surface area contributed by atoms with E-state index in [-0.39, 0.29) is 17.9 Å². The van der Waals surface area contributed by atoms with Crippen LogP contribution >= 0.6 is 0 Å². The highest BCUT2D eigenvalue weighted by Gasteiger charge is 2.48. The molecule has 116 valence electrons. The summed E-state index contributed by atoms with van der Waals surface area (Å²) < 4.78 is 53.9. The SMILES string of the molecule is CCC1C2CNCC2CN1S(=O)(=O)c1cc(F)ccc1F. The lowest BCUT2D eigenvalue weighted by molar-refractivity contribution is 0.327. The van der Waals surface area contributed by atoms with E-state index < -0.39 is 26.6 Å². The topological polar surface area (TPSA) is 49.4 Å². The van der Waals surface area contributed by atoms with Gasteiger partial charge in [-0.15, -0.1) is 0 Å². The predicted octanol–water partition coefficient (Wildman–Crippen LogP) is 1.58. The summed E-state index contributed by atoms with van der Waals surface area (Å²) in [5.41, 5.74) is 0. The molecule has 3 atom stereocenters. The average molecular weight is 316 g/mol. The van der Waals surface area contributed by atoms with Crippen molar-refractivity contribution in [1.29, 1.82) is 0 Å². The number of nitrogens with one attached hydrogen (secondary N) is 1. The van der Waals surface area contributed by atoms with Crippen molar-refractivity contribution in [3.63, 3.8) is 0 Å². The normalized spacial score (nSPS) is 29.8. The average Bonchev–Trinajstić information content (AvgIpc) is 3.01. The molecule has 2 fully saturated rings. The van der Waals surface area contributed by atoms with Crippen LogP contribution in [-0.2, 0) is 10.0 Å². The quantitative estimate of drug-likeness (QED) is 0.921. The zero-order chi connectivity index (χ0) is 15.2. The Bertz CT molecular complexity index is 650. The van der Waals surface area contributed by atoms with E-state index >= 15 is 0 Å². The summed E-state index contributed by atoms with van der Waals surface area (Å²) in [4.78, 5) is -0.561. The van der Waals surface area contributed by atoms with Gasteiger partial charge in [0.15, 0.2) is 0 Å². The highest BCUT2D eigenvalue weighted by atomic mass is 32.2. The van der Waals surface area contributed by atoms with Gasteiger partial charge in [0.25, 0.3) is 0 Å². The minimum Gasteiger partial charge on any atom is -0.316 e. The van der Waals surface area contributed by atoms with Crippen molar-refractivity contribution in [2.24, 2.45) is 11.8 Å². The maximum atomic E-state index is 13.9. The maximum Gasteiger partial charge on any atom is 0.246 e. The molecule has 4 nitrogen and oxygen atoms in total. The first-order chi connectivity index (χ1) is 9.95. The molecule has 7 heteroatoms. The lowest BCUT2D eigenvalue weighted by Crippen LogP contribution is -2.39. The van der Waals surface area contributed by atoms with Gasteiger partial charge in [-0.25, -0.2) is 17.2 Å². The first-order valence-corrected chi connectivity index (χ1v) is 8.56. The summed E-state index contributed by atoms with van der Waals surface area (Å²) in [6, 6.07) is 2.40. The van der Waals surface area contributed by atoms with Gasteiger partial charge in [0, 0.05) is 12.6 Å². The van der Waals surface area contributed by atoms with E-state index in [2.05, 4.69) is 5.32 Å². The molecule has 0 spiro atoms. The van der Waals surface area contributed by atoms with Crippen LogP contribution in [0.25, 0.3) is 0 Å². The van der Waals surface area contributed by atoms with E-state index in [0.29, 0.717) is 13.0 Å². The summed E-state index contributed by atoms with van der Waals surface area (Å²) in [6.07, 6.45) is 0.666. The van der Waals surface area contributed by atoms with Crippen molar-refractivity contribution in [2.45, 2.75) is 24.3 Å². The molecule has 0 aromatic heterocycles. The summed E-state index contributed by atoms with van der Waals surface area (Å²) in [7, 11) is -4.00. The Kier molecular flexibility index (Phi) is 3.75. The molecule has 21 heavy (non-hydrogen) atoms. The molecule has 1 aromatic carbocycles. The highest BCUT2D eigenvalue weighted by Crippen LogP contribution is 2.38. The van der Waals surface area contributed by atoms with E-state index in [1.54, 1.807) is 0 Å². The zero-order valence-electron chi connectivity index (χ0n) is 11.7. The van der Waals surface area contributed by atoms with Crippen molar-refractivity contribution >= 4 is 10.0 Å². The predicted molar refractivity (Wildman–Crippen MR) is 74.2 cm³/mol. The molecule has 2 aliphatic rings. The molecule has 0 amide bonds. The molecule has 0 radical (unpaired) electrons. The second-order valence-electron chi connectivity index (χ2n) is 5.71. The van der Waals surface area contributed by atoms with Crippen LogP contribution in [0.2, 0.25) is 0 Å². The smallest absolute Gasteiger partial charge is 0.246 e. The molecule has 2 saturated heterocycles. The fraction of sp³-hybridized carbons (Fsp3) is 0.571. The largest absolute Gasteiger partial charge is 0.316 e. The molecule has 2 heterocycles. The van der Waals surface area contributed by atoms with Gasteiger partial charge in [-0.1, -0.05) is 6.92 Å². The van der Waals surface area contributed by atoms with E-state index in [4.69, 9.17) is 0 Å². The van der Waals surface area contributed by atoms with Crippen LogP contribution in [0, 0.1) is 23.5 Å². The Balaban J connectivity index is 2.00. The van der Waals surface area contributed by atoms with Gasteiger partial charge in [-0.05, 0) is 49.5 Å². The third-order valence-electron chi connectivity index (χ3n) is 4.57. The van der Waals surface area contributed by atoms with E-state index in [1.807, 2.05) is 6.92 Å². The van der Waals surface area contributed by atoms with Gasteiger partial charge in [0.2, 0.25) is 10.0 Å². The molecule has 0 saturated carbocycles. The number of halogens is 2. The second-order valence-corrected chi connectivity index (χ2v) is 7.57. The summed E-state index contributed by atoms with van der Waals surface area (Å²) in [5, 5.41) is 3.27. The fourth-order valence-electron chi connectivity index (χ4n) is 3.57. The van der Waals surface area contributed by atoms with E-state index in [1.165, 1.54) is 4.31 Å². The van der Waals surface area contributed by atoms with Crippen LogP contribution in [0.15, 0.2) is 23.1 Å². The Morgan fingerprint density at radius 1 is 1.33 bits per heavy atom. The summed E-state index contributed by atoms with van der Waals surface area (Å²) in [5.74, 6) is -1.15. The van der Waals surface area contributed by atoms with Gasteiger partial charge < -0.3 is 5.32 Å². The number of hydrogen-bond acceptors (Lipinski definition) is 3. The highest BCUT2D eigenvalue weighted by molar-refractivity contribution is 7.89. The summed E-state index contributed by atoms with van der Waals surface area (Å²) in [6.45, 7) is 3.85. The van der Waals surface area contributed by atoms with Crippen LogP contribution < -0.4 is 5.32 Å². The summed E-state index contributed by atoms with van der Waals surface area (Å²) >= 11 is 0. The number of fused-ring (bicyclic) bond motifs is 1. The van der Waals surface area contributed by atoms with E-state index in [0.717, 1.165) is 31.3 Å². The molecule has 1 aromatic rings. The van der Waals surface area contributed by atoms with Crippen LogP contribution in [0.3, 0.4) is 0 Å². The van der Waals surface area contributed by atoms with Gasteiger partial charge in [0.05, 0.1) is 0 Å². The van der Waals surface area contributed by atoms with Crippen molar-refractivity contribution < 1.29 is 17.2 Å². The third kappa shape index (κ3) is 2.37. The molecule has 3 unspecified atom stereocenters. The van der Waals surface area contributed by atoms with Crippen molar-refractivity contribution in [1.82, 2.24) is 9.62 Å². The standard InChI is InChI=1S/C14H18F2N2O2S/c1-2-13-11-7-17-6-9(11)8-18(13)21(19,20)14-5-10(15)3-4-12(14)16/h3-5,9,11,13,17H,2,6-8H2,1H3. The number of benzene rings is 1. The van der Waals surface area contributed by atoms with E-state index in [9.17, 15) is 17.2 Å². The molecule has 2 aliphatic heterocycles. The molecular formula is C14H18F2N2O2S. The second kappa shape index (κ2) is 5.30. The first-order valence-electron chi connectivity index (χ1n) is 7.12. The minimum absolute atomic E-state index is 0.155. The Morgan fingerprint density at radius 3 is 2.81 bits per heavy atom.